The summed E-state index contributed by atoms with van der Waals surface area (Å²) in [5.74, 6) is 0.984. The van der Waals surface area contributed by atoms with Crippen LogP contribution >= 0.6 is 0 Å². The first-order valence-corrected chi connectivity index (χ1v) is 12.9. The van der Waals surface area contributed by atoms with Crippen LogP contribution < -0.4 is 15.2 Å². The Kier molecular flexibility index (Phi) is 9.24. The number of aliphatic hydroxyl groups excluding tert-OH is 2. The summed E-state index contributed by atoms with van der Waals surface area (Å²) in [5.41, 5.74) is 9.99. The van der Waals surface area contributed by atoms with E-state index < -0.39 is 24.7 Å². The highest BCUT2D eigenvalue weighted by Crippen LogP contribution is 2.30. The minimum Gasteiger partial charge on any atom is -0.493 e. The van der Waals surface area contributed by atoms with Gasteiger partial charge in [-0.2, -0.15) is 0 Å². The van der Waals surface area contributed by atoms with E-state index in [1.165, 1.54) is 5.56 Å². The van der Waals surface area contributed by atoms with E-state index in [1.807, 2.05) is 36.4 Å². The van der Waals surface area contributed by atoms with Crippen molar-refractivity contribution in [3.63, 3.8) is 0 Å². The number of fused-ring (bicyclic) bond motifs is 1. The van der Waals surface area contributed by atoms with E-state index in [1.54, 1.807) is 14.2 Å². The maximum atomic E-state index is 12.3. The molecule has 4 rings (SSSR count). The van der Waals surface area contributed by atoms with Gasteiger partial charge in [-0.3, -0.25) is 4.79 Å². The molecule has 0 fully saturated rings. The summed E-state index contributed by atoms with van der Waals surface area (Å²) in [7, 11) is 3.26. The van der Waals surface area contributed by atoms with Crippen LogP contribution in [-0.4, -0.2) is 60.3 Å². The molecule has 206 valence electrons. The normalized spacial score (nSPS) is 11.5. The number of ether oxygens (including phenoxy) is 3. The Hall–Kier alpha value is -3.85. The van der Waals surface area contributed by atoms with E-state index in [-0.39, 0.29) is 13.0 Å². The van der Waals surface area contributed by atoms with Crippen LogP contribution in [-0.2, 0) is 28.8 Å². The van der Waals surface area contributed by atoms with E-state index in [2.05, 4.69) is 41.1 Å². The Morgan fingerprint density at radius 2 is 1.56 bits per heavy atom. The molecule has 4 N–H and O–H groups in total. The van der Waals surface area contributed by atoms with Crippen molar-refractivity contribution in [1.29, 1.82) is 0 Å². The summed E-state index contributed by atoms with van der Waals surface area (Å²) in [6.07, 6.45) is 4.48. The third kappa shape index (κ3) is 6.78. The van der Waals surface area contributed by atoms with Crippen LogP contribution in [0.4, 0.5) is 0 Å². The van der Waals surface area contributed by atoms with Crippen molar-refractivity contribution in [2.45, 2.75) is 31.2 Å². The molecule has 0 aliphatic carbocycles. The first-order chi connectivity index (χ1) is 18.9. The topological polar surface area (TPSA) is 116 Å². The van der Waals surface area contributed by atoms with Gasteiger partial charge < -0.3 is 34.7 Å². The monoisotopic (exact) mass is 532 g/mol. The summed E-state index contributed by atoms with van der Waals surface area (Å²) in [6, 6.07) is 22.5. The second-order valence-electron chi connectivity index (χ2n) is 9.74. The summed E-state index contributed by atoms with van der Waals surface area (Å²) < 4.78 is 18.2. The molecule has 8 nitrogen and oxygen atoms in total. The van der Waals surface area contributed by atoms with Gasteiger partial charge in [0.05, 0.1) is 38.5 Å². The molecule has 8 heteroatoms. The number of carbonyl (C=O) groups is 1. The number of rotatable bonds is 13. The maximum absolute atomic E-state index is 12.3. The zero-order chi connectivity index (χ0) is 27.8. The van der Waals surface area contributed by atoms with Gasteiger partial charge in [-0.1, -0.05) is 30.3 Å². The number of hydrogen-bond acceptors (Lipinski definition) is 7. The van der Waals surface area contributed by atoms with E-state index in [0.717, 1.165) is 40.6 Å². The van der Waals surface area contributed by atoms with Crippen LogP contribution in [0.15, 0.2) is 72.9 Å². The lowest BCUT2D eigenvalue weighted by atomic mass is 10.0. The van der Waals surface area contributed by atoms with Crippen molar-refractivity contribution < 1.29 is 29.2 Å². The molecule has 0 amide bonds. The molecule has 0 radical (unpaired) electrons. The number of nitrogens with two attached hydrogens (primary N) is 1. The van der Waals surface area contributed by atoms with Crippen LogP contribution in [0.3, 0.4) is 0 Å². The fourth-order valence-electron chi connectivity index (χ4n) is 4.50. The van der Waals surface area contributed by atoms with Crippen molar-refractivity contribution in [3.8, 4) is 17.2 Å². The summed E-state index contributed by atoms with van der Waals surface area (Å²) in [5, 5.41) is 19.7. The van der Waals surface area contributed by atoms with Gasteiger partial charge in [0, 0.05) is 23.7 Å². The number of aliphatic hydroxyl groups is 2. The third-order valence-electron chi connectivity index (χ3n) is 6.88. The predicted molar refractivity (Wildman–Crippen MR) is 151 cm³/mol. The van der Waals surface area contributed by atoms with Crippen LogP contribution in [0.2, 0.25) is 0 Å². The molecule has 0 bridgehead atoms. The van der Waals surface area contributed by atoms with Gasteiger partial charge in [-0.15, -0.1) is 0 Å². The molecular weight excluding hydrogens is 496 g/mol. The molecule has 0 atom stereocenters. The summed E-state index contributed by atoms with van der Waals surface area (Å²) in [6.45, 7) is -1.19. The van der Waals surface area contributed by atoms with Crippen molar-refractivity contribution in [1.82, 2.24) is 4.57 Å². The first kappa shape index (κ1) is 28.2. The number of aromatic nitrogens is 1. The quantitative estimate of drug-likeness (QED) is 0.225. The average molecular weight is 533 g/mol. The van der Waals surface area contributed by atoms with Crippen molar-refractivity contribution in [2.24, 2.45) is 5.73 Å². The number of nitrogens with zero attached hydrogens (tertiary/aromatic N) is 1. The number of benzene rings is 3. The largest absolute Gasteiger partial charge is 0.493 e. The van der Waals surface area contributed by atoms with E-state index in [4.69, 9.17) is 19.9 Å². The second kappa shape index (κ2) is 12.8. The van der Waals surface area contributed by atoms with Crippen LogP contribution in [0.1, 0.15) is 23.1 Å². The smallest absolute Gasteiger partial charge is 0.306 e. The van der Waals surface area contributed by atoms with Gasteiger partial charge in [0.25, 0.3) is 0 Å². The summed E-state index contributed by atoms with van der Waals surface area (Å²) >= 11 is 0. The number of aryl methyl sites for hydroxylation is 3. The molecule has 1 heterocycles. The molecule has 0 saturated carbocycles. The fourth-order valence-corrected chi connectivity index (χ4v) is 4.50. The van der Waals surface area contributed by atoms with Crippen LogP contribution in [0, 0.1) is 0 Å². The third-order valence-corrected chi connectivity index (χ3v) is 6.88. The zero-order valence-corrected chi connectivity index (χ0v) is 22.4. The SMILES string of the molecule is COc1ccc(CCc2cn(-c3ccccc3)c3ccc(CCC(=O)OCC(N)(CO)CO)cc23)cc1OC. The molecular formula is C31H36N2O6. The van der Waals surface area contributed by atoms with Gasteiger partial charge in [0.2, 0.25) is 0 Å². The second-order valence-corrected chi connectivity index (χ2v) is 9.74. The fraction of sp³-hybridized carbons (Fsp3) is 0.323. The maximum Gasteiger partial charge on any atom is 0.306 e. The van der Waals surface area contributed by atoms with Crippen LogP contribution in [0.5, 0.6) is 11.5 Å². The lowest BCUT2D eigenvalue weighted by Crippen LogP contribution is -2.51. The molecule has 1 aromatic heterocycles. The minimum absolute atomic E-state index is 0.165. The van der Waals surface area contributed by atoms with Crippen molar-refractivity contribution >= 4 is 16.9 Å². The molecule has 0 saturated heterocycles. The number of methoxy groups -OCH3 is 2. The van der Waals surface area contributed by atoms with Gasteiger partial charge >= 0.3 is 5.97 Å². The standard InChI is InChI=1S/C31H36N2O6/c1-37-28-14-10-23(17-29(28)38-2)8-12-24-18-33(25-6-4-3-5-7-25)27-13-9-22(16-26(24)27)11-15-30(36)39-21-31(32,19-34)20-35/h3-7,9-10,13-14,16-18,34-35H,8,11-12,15,19-21,32H2,1-2H3. The Morgan fingerprint density at radius 1 is 0.872 bits per heavy atom. The Bertz CT molecular complexity index is 1400. The molecule has 0 aliphatic rings. The molecule has 0 spiro atoms. The lowest BCUT2D eigenvalue weighted by Gasteiger charge is -2.23. The lowest BCUT2D eigenvalue weighted by molar-refractivity contribution is -0.146. The summed E-state index contributed by atoms with van der Waals surface area (Å²) in [4.78, 5) is 12.3. The Morgan fingerprint density at radius 3 is 2.26 bits per heavy atom. The molecule has 3 aromatic carbocycles. The van der Waals surface area contributed by atoms with Crippen molar-refractivity contribution in [2.75, 3.05) is 34.0 Å². The van der Waals surface area contributed by atoms with Crippen molar-refractivity contribution in [3.05, 3.63) is 89.6 Å². The predicted octanol–water partition coefficient (Wildman–Crippen LogP) is 3.59. The number of para-hydroxylation sites is 1. The molecule has 0 aliphatic heterocycles. The van der Waals surface area contributed by atoms with E-state index >= 15 is 0 Å². The van der Waals surface area contributed by atoms with Crippen LogP contribution in [0.25, 0.3) is 16.6 Å². The average Bonchev–Trinajstić information content (AvgIpc) is 3.35. The van der Waals surface area contributed by atoms with E-state index in [9.17, 15) is 15.0 Å². The van der Waals surface area contributed by atoms with E-state index in [0.29, 0.717) is 17.9 Å². The Balaban J connectivity index is 1.55. The van der Waals surface area contributed by atoms with Gasteiger partial charge in [-0.05, 0) is 72.4 Å². The van der Waals surface area contributed by atoms with Gasteiger partial charge in [0.15, 0.2) is 11.5 Å². The van der Waals surface area contributed by atoms with Gasteiger partial charge in [0.1, 0.15) is 6.61 Å². The number of hydrogen-bond donors (Lipinski definition) is 3. The molecule has 0 unspecified atom stereocenters. The minimum atomic E-state index is -1.34. The first-order valence-electron chi connectivity index (χ1n) is 12.9. The number of carbonyl (C=O) groups excluding carboxylic acids is 1. The highest BCUT2D eigenvalue weighted by atomic mass is 16.5. The highest BCUT2D eigenvalue weighted by Gasteiger charge is 2.25. The van der Waals surface area contributed by atoms with Gasteiger partial charge in [-0.25, -0.2) is 0 Å². The zero-order valence-electron chi connectivity index (χ0n) is 22.4. The number of esters is 1. The molecule has 39 heavy (non-hydrogen) atoms. The molecule has 4 aromatic rings. The Labute approximate surface area is 228 Å². The highest BCUT2D eigenvalue weighted by molar-refractivity contribution is 5.86.